The number of aliphatic hydroxyl groups excluding tert-OH is 1. The molecule has 2 rings (SSSR count). The second-order valence-electron chi connectivity index (χ2n) is 6.38. The maximum absolute atomic E-state index is 13.3. The van der Waals surface area contributed by atoms with Crippen LogP contribution in [-0.4, -0.2) is 82.1 Å². The van der Waals surface area contributed by atoms with E-state index in [4.69, 9.17) is 4.74 Å². The quantitative estimate of drug-likeness (QED) is 0.575. The number of carbonyl (C=O) groups is 1. The molecule has 0 saturated carbocycles. The molecule has 1 saturated heterocycles. The normalized spacial score (nSPS) is 22.2. The molecule has 152 valence electrons. The first-order chi connectivity index (χ1) is 12.4. The molecule has 1 aromatic carbocycles. The number of aliphatic hydroxyl groups is 1. The van der Waals surface area contributed by atoms with E-state index in [0.29, 0.717) is 0 Å². The smallest absolute Gasteiger partial charge is 0.260 e. The van der Waals surface area contributed by atoms with Crippen molar-refractivity contribution in [3.63, 3.8) is 0 Å². The van der Waals surface area contributed by atoms with Crippen LogP contribution in [0.3, 0.4) is 0 Å². The van der Waals surface area contributed by atoms with Crippen LogP contribution >= 0.6 is 0 Å². The molecular formula is C15H23N3O7S2. The number of benzene rings is 1. The summed E-state index contributed by atoms with van der Waals surface area (Å²) in [4.78, 5) is 11.0. The average Bonchev–Trinajstić information content (AvgIpc) is 2.78. The van der Waals surface area contributed by atoms with Crippen LogP contribution in [0.25, 0.3) is 0 Å². The molecule has 1 amide bonds. The van der Waals surface area contributed by atoms with E-state index < -0.39 is 43.5 Å². The zero-order chi connectivity index (χ0) is 20.6. The fourth-order valence-corrected chi connectivity index (χ4v) is 6.71. The molecule has 27 heavy (non-hydrogen) atoms. The number of methoxy groups -OCH3 is 1. The summed E-state index contributed by atoms with van der Waals surface area (Å²) >= 11 is 0. The van der Waals surface area contributed by atoms with Gasteiger partial charge in [-0.05, 0) is 18.2 Å². The minimum absolute atomic E-state index is 0.0197. The highest BCUT2D eigenvalue weighted by Crippen LogP contribution is 2.33. The lowest BCUT2D eigenvalue weighted by Gasteiger charge is -2.34. The Bertz CT molecular complexity index is 929. The third-order valence-corrected chi connectivity index (χ3v) is 7.64. The van der Waals surface area contributed by atoms with Gasteiger partial charge in [0.05, 0.1) is 30.8 Å². The molecule has 1 aliphatic heterocycles. The van der Waals surface area contributed by atoms with Gasteiger partial charge < -0.3 is 15.2 Å². The van der Waals surface area contributed by atoms with Crippen LogP contribution in [0.4, 0.5) is 5.69 Å². The third-order valence-electron chi connectivity index (χ3n) is 3.98. The van der Waals surface area contributed by atoms with Crippen molar-refractivity contribution in [2.75, 3.05) is 38.0 Å². The second-order valence-corrected chi connectivity index (χ2v) is 10.3. The standard InChI is InChI=1S/C15H23N3O7S2/c1-10(19)16-11-5-6-14(25-4)15(7-11)27(23,24)18(17(2)3)12-8-26(21,22)9-13(12)20/h5-7,12-13,20H,8-9H2,1-4H3,(H,16,19)/t12-,13-/m0/s1. The monoisotopic (exact) mass is 421 g/mol. The van der Waals surface area contributed by atoms with E-state index in [2.05, 4.69) is 5.32 Å². The number of hydrazine groups is 1. The summed E-state index contributed by atoms with van der Waals surface area (Å²) in [6.45, 7) is 1.28. The van der Waals surface area contributed by atoms with Gasteiger partial charge in [0.15, 0.2) is 9.84 Å². The molecule has 2 atom stereocenters. The van der Waals surface area contributed by atoms with E-state index in [1.165, 1.54) is 51.3 Å². The number of carbonyl (C=O) groups excluding carboxylic acids is 1. The summed E-state index contributed by atoms with van der Waals surface area (Å²) in [5, 5.41) is 13.8. The highest BCUT2D eigenvalue weighted by molar-refractivity contribution is 7.92. The summed E-state index contributed by atoms with van der Waals surface area (Å²) in [6, 6.07) is 2.91. The van der Waals surface area contributed by atoms with Gasteiger partial charge in [-0.3, -0.25) is 4.79 Å². The molecular weight excluding hydrogens is 398 g/mol. The van der Waals surface area contributed by atoms with E-state index in [1.807, 2.05) is 0 Å². The zero-order valence-corrected chi connectivity index (χ0v) is 17.0. The lowest BCUT2D eigenvalue weighted by Crippen LogP contribution is -2.53. The summed E-state index contributed by atoms with van der Waals surface area (Å²) in [7, 11) is -3.73. The number of rotatable bonds is 6. The first-order valence-electron chi connectivity index (χ1n) is 7.95. The lowest BCUT2D eigenvalue weighted by atomic mass is 10.2. The predicted octanol–water partition coefficient (Wildman–Crippen LogP) is -0.721. The van der Waals surface area contributed by atoms with Gasteiger partial charge in [0.2, 0.25) is 5.91 Å². The summed E-state index contributed by atoms with van der Waals surface area (Å²) in [5.41, 5.74) is 0.236. The zero-order valence-electron chi connectivity index (χ0n) is 15.4. The molecule has 0 bridgehead atoms. The Morgan fingerprint density at radius 3 is 2.37 bits per heavy atom. The van der Waals surface area contributed by atoms with E-state index >= 15 is 0 Å². The minimum atomic E-state index is -4.31. The summed E-state index contributed by atoms with van der Waals surface area (Å²) < 4.78 is 56.3. The Balaban J connectivity index is 2.58. The number of nitrogens with zero attached hydrogens (tertiary/aromatic N) is 2. The Morgan fingerprint density at radius 1 is 1.30 bits per heavy atom. The van der Waals surface area contributed by atoms with Crippen molar-refractivity contribution in [1.82, 2.24) is 9.42 Å². The number of anilines is 1. The maximum Gasteiger partial charge on any atom is 0.260 e. The minimum Gasteiger partial charge on any atom is -0.495 e. The Hall–Kier alpha value is -1.73. The largest absolute Gasteiger partial charge is 0.495 e. The summed E-state index contributed by atoms with van der Waals surface area (Å²) in [6.07, 6.45) is -1.36. The number of nitrogens with one attached hydrogen (secondary N) is 1. The first-order valence-corrected chi connectivity index (χ1v) is 11.2. The van der Waals surface area contributed by atoms with Gasteiger partial charge in [-0.25, -0.2) is 21.8 Å². The SMILES string of the molecule is COc1ccc(NC(C)=O)cc1S(=O)(=O)N([C@H]1CS(=O)(=O)C[C@@H]1O)N(C)C. The van der Waals surface area contributed by atoms with Gasteiger partial charge in [-0.1, -0.05) is 0 Å². The molecule has 1 heterocycles. The van der Waals surface area contributed by atoms with Crippen molar-refractivity contribution < 1.29 is 31.5 Å². The van der Waals surface area contributed by atoms with Crippen LogP contribution < -0.4 is 10.1 Å². The van der Waals surface area contributed by atoms with E-state index in [-0.39, 0.29) is 22.2 Å². The molecule has 12 heteroatoms. The van der Waals surface area contributed by atoms with Crippen LogP contribution in [0.1, 0.15) is 6.92 Å². The molecule has 1 aromatic rings. The number of hydrogen-bond acceptors (Lipinski definition) is 8. The van der Waals surface area contributed by atoms with Gasteiger partial charge >= 0.3 is 0 Å². The van der Waals surface area contributed by atoms with Crippen molar-refractivity contribution in [2.45, 2.75) is 24.0 Å². The molecule has 0 unspecified atom stereocenters. The van der Waals surface area contributed by atoms with Crippen molar-refractivity contribution in [2.24, 2.45) is 0 Å². The van der Waals surface area contributed by atoms with Crippen molar-refractivity contribution in [3.8, 4) is 5.75 Å². The topological polar surface area (TPSA) is 133 Å². The van der Waals surface area contributed by atoms with Gasteiger partial charge in [0.1, 0.15) is 10.6 Å². The fraction of sp³-hybridized carbons (Fsp3) is 0.533. The summed E-state index contributed by atoms with van der Waals surface area (Å²) in [5.74, 6) is -1.38. The number of ether oxygens (including phenoxy) is 1. The van der Waals surface area contributed by atoms with Crippen molar-refractivity contribution >= 4 is 31.5 Å². The van der Waals surface area contributed by atoms with Crippen LogP contribution in [-0.2, 0) is 24.7 Å². The number of amides is 1. The second kappa shape index (κ2) is 7.72. The number of hydrogen-bond donors (Lipinski definition) is 2. The fourth-order valence-electron chi connectivity index (χ4n) is 2.97. The van der Waals surface area contributed by atoms with E-state index in [0.717, 1.165) is 4.41 Å². The van der Waals surface area contributed by atoms with Gasteiger partial charge in [0, 0.05) is 26.7 Å². The van der Waals surface area contributed by atoms with Crippen molar-refractivity contribution in [3.05, 3.63) is 18.2 Å². The van der Waals surface area contributed by atoms with Crippen LogP contribution in [0, 0.1) is 0 Å². The Kier molecular flexibility index (Phi) is 6.16. The maximum atomic E-state index is 13.3. The molecule has 2 N–H and O–H groups in total. The molecule has 0 spiro atoms. The molecule has 0 aliphatic carbocycles. The van der Waals surface area contributed by atoms with Gasteiger partial charge in [0.25, 0.3) is 10.0 Å². The van der Waals surface area contributed by atoms with E-state index in [1.54, 1.807) is 0 Å². The molecule has 0 radical (unpaired) electrons. The Labute approximate surface area is 158 Å². The van der Waals surface area contributed by atoms with Gasteiger partial charge in [-0.2, -0.15) is 0 Å². The predicted molar refractivity (Wildman–Crippen MR) is 98.5 cm³/mol. The molecule has 1 fully saturated rings. The van der Waals surface area contributed by atoms with Crippen LogP contribution in [0.2, 0.25) is 0 Å². The Morgan fingerprint density at radius 2 is 1.93 bits per heavy atom. The molecule has 10 nitrogen and oxygen atoms in total. The number of sulfone groups is 1. The third kappa shape index (κ3) is 4.58. The van der Waals surface area contributed by atoms with Crippen LogP contribution in [0.5, 0.6) is 5.75 Å². The first kappa shape index (κ1) is 21.6. The molecule has 0 aromatic heterocycles. The van der Waals surface area contributed by atoms with Crippen LogP contribution in [0.15, 0.2) is 23.1 Å². The molecule has 1 aliphatic rings. The number of sulfonamides is 1. The highest BCUT2D eigenvalue weighted by atomic mass is 32.2. The highest BCUT2D eigenvalue weighted by Gasteiger charge is 2.46. The lowest BCUT2D eigenvalue weighted by molar-refractivity contribution is -0.114. The van der Waals surface area contributed by atoms with Gasteiger partial charge in [-0.15, -0.1) is 4.41 Å². The van der Waals surface area contributed by atoms with E-state index in [9.17, 15) is 26.7 Å². The van der Waals surface area contributed by atoms with Crippen molar-refractivity contribution in [1.29, 1.82) is 0 Å². The average molecular weight is 421 g/mol.